The summed E-state index contributed by atoms with van der Waals surface area (Å²) in [7, 11) is 0. The molecular formula is C23H44O2. The summed E-state index contributed by atoms with van der Waals surface area (Å²) in [5.41, 5.74) is 0.577. The number of aliphatic hydroxyl groups is 2. The molecule has 148 valence electrons. The molecule has 2 saturated carbocycles. The van der Waals surface area contributed by atoms with Crippen LogP contribution in [0.15, 0.2) is 0 Å². The van der Waals surface area contributed by atoms with Crippen molar-refractivity contribution in [1.29, 1.82) is 0 Å². The van der Waals surface area contributed by atoms with Crippen molar-refractivity contribution in [3.05, 3.63) is 0 Å². The van der Waals surface area contributed by atoms with E-state index in [9.17, 15) is 10.2 Å². The zero-order chi connectivity index (χ0) is 19.2. The van der Waals surface area contributed by atoms with Crippen LogP contribution in [0.3, 0.4) is 0 Å². The molecule has 2 N–H and O–H groups in total. The van der Waals surface area contributed by atoms with E-state index in [2.05, 4.69) is 55.4 Å². The summed E-state index contributed by atoms with van der Waals surface area (Å²) in [6, 6.07) is 0. The van der Waals surface area contributed by atoms with Crippen molar-refractivity contribution in [3.63, 3.8) is 0 Å². The van der Waals surface area contributed by atoms with Crippen molar-refractivity contribution < 1.29 is 10.2 Å². The highest BCUT2D eigenvalue weighted by Gasteiger charge is 2.49. The van der Waals surface area contributed by atoms with Gasteiger partial charge in [0.05, 0.1) is 12.2 Å². The van der Waals surface area contributed by atoms with Gasteiger partial charge in [-0.2, -0.15) is 0 Å². The maximum atomic E-state index is 10.8. The molecule has 0 heterocycles. The number of aliphatic hydroxyl groups excluding tert-OH is 2. The third-order valence-corrected chi connectivity index (χ3v) is 7.99. The van der Waals surface area contributed by atoms with E-state index in [1.807, 2.05) is 0 Å². The Morgan fingerprint density at radius 3 is 1.16 bits per heavy atom. The van der Waals surface area contributed by atoms with Crippen LogP contribution in [0.25, 0.3) is 0 Å². The van der Waals surface area contributed by atoms with Gasteiger partial charge in [0.15, 0.2) is 0 Å². The predicted molar refractivity (Wildman–Crippen MR) is 106 cm³/mol. The fourth-order valence-corrected chi connectivity index (χ4v) is 5.76. The van der Waals surface area contributed by atoms with Crippen molar-refractivity contribution in [3.8, 4) is 0 Å². The van der Waals surface area contributed by atoms with E-state index in [4.69, 9.17) is 0 Å². The lowest BCUT2D eigenvalue weighted by Crippen LogP contribution is -2.50. The van der Waals surface area contributed by atoms with Gasteiger partial charge >= 0.3 is 0 Å². The van der Waals surface area contributed by atoms with Crippen molar-refractivity contribution >= 4 is 0 Å². The smallest absolute Gasteiger partial charge is 0.0573 e. The minimum Gasteiger partial charge on any atom is -0.393 e. The van der Waals surface area contributed by atoms with Gasteiger partial charge < -0.3 is 10.2 Å². The Hall–Kier alpha value is -0.0800. The zero-order valence-electron chi connectivity index (χ0n) is 18.1. The Morgan fingerprint density at radius 1 is 0.560 bits per heavy atom. The Kier molecular flexibility index (Phi) is 6.07. The van der Waals surface area contributed by atoms with Gasteiger partial charge in [-0.05, 0) is 78.4 Å². The Balaban J connectivity index is 2.22. The van der Waals surface area contributed by atoms with Crippen molar-refractivity contribution in [1.82, 2.24) is 0 Å². The summed E-state index contributed by atoms with van der Waals surface area (Å²) in [5, 5.41) is 21.7. The van der Waals surface area contributed by atoms with Crippen LogP contribution < -0.4 is 0 Å². The molecule has 0 amide bonds. The summed E-state index contributed by atoms with van der Waals surface area (Å²) < 4.78 is 0. The van der Waals surface area contributed by atoms with Crippen LogP contribution in [0.5, 0.6) is 0 Å². The molecule has 0 aromatic carbocycles. The molecule has 0 bridgehead atoms. The largest absolute Gasteiger partial charge is 0.393 e. The van der Waals surface area contributed by atoms with Gasteiger partial charge in [0.1, 0.15) is 0 Å². The molecule has 0 aromatic rings. The molecule has 0 spiro atoms. The molecule has 6 atom stereocenters. The average Bonchev–Trinajstić information content (AvgIpc) is 2.45. The highest BCUT2D eigenvalue weighted by molar-refractivity contribution is 4.99. The molecule has 0 aliphatic heterocycles. The molecule has 6 unspecified atom stereocenters. The van der Waals surface area contributed by atoms with E-state index in [0.29, 0.717) is 34.5 Å². The normalized spacial score (nSPS) is 38.6. The van der Waals surface area contributed by atoms with E-state index in [1.54, 1.807) is 0 Å². The Bertz CT molecular complexity index is 400. The molecule has 2 aliphatic rings. The Labute approximate surface area is 156 Å². The summed E-state index contributed by atoms with van der Waals surface area (Å²) in [6.45, 7) is 18.7. The maximum Gasteiger partial charge on any atom is 0.0573 e. The molecule has 2 aliphatic carbocycles. The molecule has 0 radical (unpaired) electrons. The van der Waals surface area contributed by atoms with E-state index in [1.165, 1.54) is 0 Å². The minimum atomic E-state index is -0.212. The second kappa shape index (κ2) is 7.15. The van der Waals surface area contributed by atoms with Gasteiger partial charge in [0.25, 0.3) is 0 Å². The number of hydrogen-bond donors (Lipinski definition) is 2. The van der Waals surface area contributed by atoms with Gasteiger partial charge in [-0.3, -0.25) is 0 Å². The molecular weight excluding hydrogens is 308 g/mol. The van der Waals surface area contributed by atoms with Gasteiger partial charge in [0.2, 0.25) is 0 Å². The molecule has 0 aromatic heterocycles. The lowest BCUT2D eigenvalue weighted by molar-refractivity contribution is -0.106. The third kappa shape index (κ3) is 4.61. The quantitative estimate of drug-likeness (QED) is 0.673. The van der Waals surface area contributed by atoms with Gasteiger partial charge in [-0.25, -0.2) is 0 Å². The van der Waals surface area contributed by atoms with Crippen LogP contribution in [-0.4, -0.2) is 22.4 Å². The summed E-state index contributed by atoms with van der Waals surface area (Å²) >= 11 is 0. The SMILES string of the molecule is CC(C)(C)C1CCC(O)C(C(C)(C)C2CC(C(C)(C)C)CCC2O)C1. The number of rotatable bonds is 2. The predicted octanol–water partition coefficient (Wildman–Crippen LogP) is 5.66. The minimum absolute atomic E-state index is 0.0212. The average molecular weight is 353 g/mol. The van der Waals surface area contributed by atoms with E-state index in [-0.39, 0.29) is 17.6 Å². The second-order valence-corrected chi connectivity index (χ2v) is 11.9. The molecule has 25 heavy (non-hydrogen) atoms. The molecule has 0 saturated heterocycles. The highest BCUT2D eigenvalue weighted by Crippen LogP contribution is 2.54. The molecule has 2 nitrogen and oxygen atoms in total. The fourth-order valence-electron chi connectivity index (χ4n) is 5.76. The Morgan fingerprint density at radius 2 is 0.880 bits per heavy atom. The first-order chi connectivity index (χ1) is 11.2. The van der Waals surface area contributed by atoms with Crippen LogP contribution >= 0.6 is 0 Å². The summed E-state index contributed by atoms with van der Waals surface area (Å²) in [5.74, 6) is 1.92. The summed E-state index contributed by atoms with van der Waals surface area (Å²) in [4.78, 5) is 0. The van der Waals surface area contributed by atoms with E-state index in [0.717, 1.165) is 38.5 Å². The lowest BCUT2D eigenvalue weighted by atomic mass is 9.54. The second-order valence-electron chi connectivity index (χ2n) is 11.9. The molecule has 2 heteroatoms. The van der Waals surface area contributed by atoms with Crippen LogP contribution in [0, 0.1) is 39.9 Å². The third-order valence-electron chi connectivity index (χ3n) is 7.99. The van der Waals surface area contributed by atoms with Crippen LogP contribution in [-0.2, 0) is 0 Å². The van der Waals surface area contributed by atoms with E-state index >= 15 is 0 Å². The molecule has 2 fully saturated rings. The van der Waals surface area contributed by atoms with Crippen molar-refractivity contribution in [2.24, 2.45) is 39.9 Å². The van der Waals surface area contributed by atoms with Gasteiger partial charge in [-0.1, -0.05) is 55.4 Å². The number of hydrogen-bond acceptors (Lipinski definition) is 2. The topological polar surface area (TPSA) is 40.5 Å². The van der Waals surface area contributed by atoms with Gasteiger partial charge in [0, 0.05) is 0 Å². The van der Waals surface area contributed by atoms with Crippen molar-refractivity contribution in [2.45, 2.75) is 106 Å². The zero-order valence-corrected chi connectivity index (χ0v) is 18.1. The highest BCUT2D eigenvalue weighted by atomic mass is 16.3. The molecule has 2 rings (SSSR count). The van der Waals surface area contributed by atoms with Gasteiger partial charge in [-0.15, -0.1) is 0 Å². The van der Waals surface area contributed by atoms with Crippen LogP contribution in [0.4, 0.5) is 0 Å². The lowest BCUT2D eigenvalue weighted by Gasteiger charge is -2.53. The maximum absolute atomic E-state index is 10.8. The first kappa shape index (κ1) is 21.2. The van der Waals surface area contributed by atoms with Crippen LogP contribution in [0.2, 0.25) is 0 Å². The monoisotopic (exact) mass is 352 g/mol. The first-order valence-corrected chi connectivity index (χ1v) is 10.6. The van der Waals surface area contributed by atoms with Crippen molar-refractivity contribution in [2.75, 3.05) is 0 Å². The van der Waals surface area contributed by atoms with E-state index < -0.39 is 0 Å². The van der Waals surface area contributed by atoms with Crippen LogP contribution in [0.1, 0.15) is 93.9 Å². The standard InChI is InChI=1S/C23H44O2/c1-21(2,3)15-9-11-19(24)17(13-15)23(7,8)18-14-16(22(4,5)6)10-12-20(18)25/h15-20,24-25H,9-14H2,1-8H3. The first-order valence-electron chi connectivity index (χ1n) is 10.6. The summed E-state index contributed by atoms with van der Waals surface area (Å²) in [6.07, 6.45) is 5.88. The fraction of sp³-hybridized carbons (Fsp3) is 1.00.